The topological polar surface area (TPSA) is 36.4 Å². The summed E-state index contributed by atoms with van der Waals surface area (Å²) < 4.78 is 0.976. The second-order valence-corrected chi connectivity index (χ2v) is 5.42. The highest BCUT2D eigenvalue weighted by atomic mass is 79.9. The number of pyridine rings is 1. The van der Waals surface area contributed by atoms with Crippen LogP contribution >= 0.6 is 15.9 Å². The van der Waals surface area contributed by atoms with Crippen molar-refractivity contribution < 1.29 is 5.11 Å². The highest BCUT2D eigenvalue weighted by molar-refractivity contribution is 9.10. The van der Waals surface area contributed by atoms with Gasteiger partial charge in [0.25, 0.3) is 0 Å². The standard InChI is InChI=1S/C15H17BrN2O/c1-11(19)12-6-7-15(14(16)9-12)18(2)10-13-5-3-4-8-17-13/h3-9,11,19H,10H2,1-2H3/t11-/m0/s1. The smallest absolute Gasteiger partial charge is 0.0762 e. The third kappa shape index (κ3) is 3.55. The molecule has 4 heteroatoms. The summed E-state index contributed by atoms with van der Waals surface area (Å²) in [5, 5.41) is 9.57. The lowest BCUT2D eigenvalue weighted by atomic mass is 10.1. The third-order valence-electron chi connectivity index (χ3n) is 2.99. The van der Waals surface area contributed by atoms with Gasteiger partial charge in [-0.15, -0.1) is 0 Å². The van der Waals surface area contributed by atoms with Gasteiger partial charge in [0.1, 0.15) is 0 Å². The van der Waals surface area contributed by atoms with Crippen molar-refractivity contribution >= 4 is 21.6 Å². The Labute approximate surface area is 122 Å². The molecule has 0 amide bonds. The van der Waals surface area contributed by atoms with Gasteiger partial charge in [-0.2, -0.15) is 0 Å². The number of anilines is 1. The van der Waals surface area contributed by atoms with Crippen LogP contribution in [0.1, 0.15) is 24.3 Å². The molecule has 19 heavy (non-hydrogen) atoms. The number of hydrogen-bond acceptors (Lipinski definition) is 3. The van der Waals surface area contributed by atoms with E-state index in [1.54, 1.807) is 13.1 Å². The van der Waals surface area contributed by atoms with Crippen molar-refractivity contribution in [3.05, 3.63) is 58.3 Å². The minimum absolute atomic E-state index is 0.452. The Hall–Kier alpha value is -1.39. The zero-order chi connectivity index (χ0) is 13.8. The van der Waals surface area contributed by atoms with Gasteiger partial charge in [0.05, 0.1) is 24.0 Å². The first-order chi connectivity index (χ1) is 9.08. The zero-order valence-corrected chi connectivity index (χ0v) is 12.6. The Morgan fingerprint density at radius 2 is 2.11 bits per heavy atom. The van der Waals surface area contributed by atoms with Gasteiger partial charge in [-0.05, 0) is 52.7 Å². The van der Waals surface area contributed by atoms with Crippen LogP contribution < -0.4 is 4.90 Å². The molecule has 1 heterocycles. The van der Waals surface area contributed by atoms with E-state index in [1.807, 2.05) is 43.4 Å². The predicted molar refractivity (Wildman–Crippen MR) is 81.1 cm³/mol. The average molecular weight is 321 g/mol. The number of aliphatic hydroxyl groups excluding tert-OH is 1. The summed E-state index contributed by atoms with van der Waals surface area (Å²) in [5.41, 5.74) is 3.01. The van der Waals surface area contributed by atoms with Crippen molar-refractivity contribution in [2.24, 2.45) is 0 Å². The molecular formula is C15H17BrN2O. The third-order valence-corrected chi connectivity index (χ3v) is 3.63. The molecule has 0 saturated heterocycles. The van der Waals surface area contributed by atoms with E-state index >= 15 is 0 Å². The Kier molecular flexibility index (Phi) is 4.56. The molecule has 1 N–H and O–H groups in total. The number of halogens is 1. The predicted octanol–water partition coefficient (Wildman–Crippen LogP) is 3.53. The van der Waals surface area contributed by atoms with E-state index in [1.165, 1.54) is 0 Å². The number of hydrogen-bond donors (Lipinski definition) is 1. The molecule has 1 aromatic carbocycles. The molecule has 100 valence electrons. The number of nitrogens with zero attached hydrogens (tertiary/aromatic N) is 2. The molecular weight excluding hydrogens is 304 g/mol. The molecule has 3 nitrogen and oxygen atoms in total. The number of rotatable bonds is 4. The number of benzene rings is 1. The zero-order valence-electron chi connectivity index (χ0n) is 11.0. The van der Waals surface area contributed by atoms with Crippen molar-refractivity contribution in [2.45, 2.75) is 19.6 Å². The lowest BCUT2D eigenvalue weighted by Gasteiger charge is -2.21. The fraction of sp³-hybridized carbons (Fsp3) is 0.267. The van der Waals surface area contributed by atoms with E-state index in [2.05, 4.69) is 25.8 Å². The molecule has 0 fully saturated rings. The summed E-state index contributed by atoms with van der Waals surface area (Å²) >= 11 is 3.56. The number of aromatic nitrogens is 1. The lowest BCUT2D eigenvalue weighted by Crippen LogP contribution is -2.17. The van der Waals surface area contributed by atoms with Gasteiger partial charge in [-0.1, -0.05) is 12.1 Å². The van der Waals surface area contributed by atoms with Gasteiger partial charge < -0.3 is 10.0 Å². The summed E-state index contributed by atoms with van der Waals surface area (Å²) in [6.07, 6.45) is 1.35. The van der Waals surface area contributed by atoms with Crippen LogP contribution in [0.2, 0.25) is 0 Å². The van der Waals surface area contributed by atoms with Crippen molar-refractivity contribution in [3.63, 3.8) is 0 Å². The van der Waals surface area contributed by atoms with Gasteiger partial charge in [-0.25, -0.2) is 0 Å². The van der Waals surface area contributed by atoms with Gasteiger partial charge >= 0.3 is 0 Å². The SMILES string of the molecule is C[C@H](O)c1ccc(N(C)Cc2ccccn2)c(Br)c1. The maximum absolute atomic E-state index is 9.57. The van der Waals surface area contributed by atoms with Crippen molar-refractivity contribution in [2.75, 3.05) is 11.9 Å². The van der Waals surface area contributed by atoms with Crippen LogP contribution in [0.15, 0.2) is 47.1 Å². The molecule has 2 aromatic rings. The first kappa shape index (κ1) is 14.0. The van der Waals surface area contributed by atoms with E-state index in [0.717, 1.165) is 28.0 Å². The largest absolute Gasteiger partial charge is 0.389 e. The molecule has 0 aliphatic carbocycles. The fourth-order valence-electron chi connectivity index (χ4n) is 1.91. The number of aliphatic hydroxyl groups is 1. The molecule has 0 radical (unpaired) electrons. The highest BCUT2D eigenvalue weighted by Gasteiger charge is 2.09. The van der Waals surface area contributed by atoms with Crippen LogP contribution in [-0.4, -0.2) is 17.1 Å². The van der Waals surface area contributed by atoms with Crippen LogP contribution in [0, 0.1) is 0 Å². The first-order valence-electron chi connectivity index (χ1n) is 6.16. The minimum Gasteiger partial charge on any atom is -0.389 e. The molecule has 0 aliphatic heterocycles. The molecule has 0 saturated carbocycles. The van der Waals surface area contributed by atoms with Crippen LogP contribution in [0.4, 0.5) is 5.69 Å². The first-order valence-corrected chi connectivity index (χ1v) is 6.96. The summed E-state index contributed by atoms with van der Waals surface area (Å²) in [5.74, 6) is 0. The Morgan fingerprint density at radius 3 is 2.68 bits per heavy atom. The summed E-state index contributed by atoms with van der Waals surface area (Å²) in [7, 11) is 2.02. The van der Waals surface area contributed by atoms with E-state index in [-0.39, 0.29) is 0 Å². The van der Waals surface area contributed by atoms with Gasteiger partial charge in [0.2, 0.25) is 0 Å². The molecule has 1 aromatic heterocycles. The van der Waals surface area contributed by atoms with Crippen LogP contribution in [0.5, 0.6) is 0 Å². The second-order valence-electron chi connectivity index (χ2n) is 4.56. The van der Waals surface area contributed by atoms with Crippen LogP contribution in [0.25, 0.3) is 0 Å². The fourth-order valence-corrected chi connectivity index (χ4v) is 2.61. The lowest BCUT2D eigenvalue weighted by molar-refractivity contribution is 0.199. The normalized spacial score (nSPS) is 12.2. The van der Waals surface area contributed by atoms with E-state index in [0.29, 0.717) is 0 Å². The Bertz CT molecular complexity index is 543. The molecule has 1 atom stereocenters. The van der Waals surface area contributed by atoms with Gasteiger partial charge in [0, 0.05) is 17.7 Å². The molecule has 0 bridgehead atoms. The van der Waals surface area contributed by atoms with Crippen molar-refractivity contribution in [3.8, 4) is 0 Å². The van der Waals surface area contributed by atoms with Gasteiger partial charge in [0.15, 0.2) is 0 Å². The van der Waals surface area contributed by atoms with Gasteiger partial charge in [-0.3, -0.25) is 4.98 Å². The highest BCUT2D eigenvalue weighted by Crippen LogP contribution is 2.29. The summed E-state index contributed by atoms with van der Waals surface area (Å²) in [6, 6.07) is 11.8. The molecule has 0 spiro atoms. The van der Waals surface area contributed by atoms with E-state index in [9.17, 15) is 5.11 Å². The second kappa shape index (κ2) is 6.17. The maximum atomic E-state index is 9.57. The molecule has 0 unspecified atom stereocenters. The minimum atomic E-state index is -0.452. The quantitative estimate of drug-likeness (QED) is 0.936. The van der Waals surface area contributed by atoms with Crippen molar-refractivity contribution in [1.29, 1.82) is 0 Å². The average Bonchev–Trinajstić information content (AvgIpc) is 2.39. The van der Waals surface area contributed by atoms with E-state index < -0.39 is 6.10 Å². The molecule has 0 aliphatic rings. The monoisotopic (exact) mass is 320 g/mol. The van der Waals surface area contributed by atoms with Crippen molar-refractivity contribution in [1.82, 2.24) is 4.98 Å². The summed E-state index contributed by atoms with van der Waals surface area (Å²) in [4.78, 5) is 6.45. The van der Waals surface area contributed by atoms with E-state index in [4.69, 9.17) is 0 Å². The Balaban J connectivity index is 2.17. The maximum Gasteiger partial charge on any atom is 0.0762 e. The summed E-state index contributed by atoms with van der Waals surface area (Å²) in [6.45, 7) is 2.51. The molecule has 2 rings (SSSR count). The van der Waals surface area contributed by atoms with Crippen LogP contribution in [-0.2, 0) is 6.54 Å². The Morgan fingerprint density at radius 1 is 1.32 bits per heavy atom. The van der Waals surface area contributed by atoms with Crippen LogP contribution in [0.3, 0.4) is 0 Å².